The molecule has 0 aromatic heterocycles. The molecule has 0 unspecified atom stereocenters. The summed E-state index contributed by atoms with van der Waals surface area (Å²) < 4.78 is 24.3. The van der Waals surface area contributed by atoms with Crippen LogP contribution < -0.4 is 15.2 Å². The number of hydrogen-bond donors (Lipinski definition) is 1. The highest BCUT2D eigenvalue weighted by Gasteiger charge is 2.06. The van der Waals surface area contributed by atoms with Crippen molar-refractivity contribution in [1.29, 1.82) is 0 Å². The first-order valence-electron chi connectivity index (χ1n) is 6.17. The Morgan fingerprint density at radius 2 is 1.76 bits per heavy atom. The summed E-state index contributed by atoms with van der Waals surface area (Å²) in [6, 6.07) is 11.7. The molecule has 2 N–H and O–H groups in total. The summed E-state index contributed by atoms with van der Waals surface area (Å²) in [7, 11) is 0. The molecule has 2 aromatic carbocycles. The molecule has 0 amide bonds. The van der Waals surface area contributed by atoms with E-state index in [0.29, 0.717) is 10.7 Å². The monoisotopic (exact) mass is 325 g/mol. The van der Waals surface area contributed by atoms with Gasteiger partial charge in [0.1, 0.15) is 24.0 Å². The lowest BCUT2D eigenvalue weighted by Crippen LogP contribution is -2.11. The van der Waals surface area contributed by atoms with Gasteiger partial charge in [0, 0.05) is 5.56 Å². The fraction of sp³-hybridized carbons (Fsp3) is 0.133. The Labute approximate surface area is 132 Å². The van der Waals surface area contributed by atoms with Crippen molar-refractivity contribution in [3.8, 4) is 11.5 Å². The van der Waals surface area contributed by atoms with Crippen LogP contribution in [0, 0.1) is 5.82 Å². The van der Waals surface area contributed by atoms with Gasteiger partial charge in [-0.2, -0.15) is 0 Å². The van der Waals surface area contributed by atoms with E-state index in [9.17, 15) is 4.39 Å². The van der Waals surface area contributed by atoms with E-state index in [-0.39, 0.29) is 24.0 Å². The maximum Gasteiger partial charge on any atom is 0.183 e. The van der Waals surface area contributed by atoms with Crippen LogP contribution in [0.4, 0.5) is 4.39 Å². The Bertz CT molecular complexity index is 634. The minimum atomic E-state index is -0.569. The Kier molecular flexibility index (Phi) is 5.36. The van der Waals surface area contributed by atoms with Crippen LogP contribution in [0.2, 0.25) is 5.02 Å². The molecular weight excluding hydrogens is 313 g/mol. The van der Waals surface area contributed by atoms with Gasteiger partial charge in [0.2, 0.25) is 0 Å². The van der Waals surface area contributed by atoms with Crippen molar-refractivity contribution in [3.05, 3.63) is 58.9 Å². The van der Waals surface area contributed by atoms with Crippen LogP contribution in [0.1, 0.15) is 5.56 Å². The number of halogens is 2. The van der Waals surface area contributed by atoms with Crippen molar-refractivity contribution >= 4 is 28.8 Å². The molecule has 0 heterocycles. The first kappa shape index (κ1) is 15.5. The SMILES string of the molecule is NC(=S)c1ccc(OCCOc2cccc(Cl)c2F)cc1. The van der Waals surface area contributed by atoms with Crippen molar-refractivity contribution in [2.45, 2.75) is 0 Å². The standard InChI is InChI=1S/C15H13ClFNO2S/c16-12-2-1-3-13(14(12)17)20-9-8-19-11-6-4-10(5-7-11)15(18)21/h1-7H,8-9H2,(H2,18,21). The lowest BCUT2D eigenvalue weighted by molar-refractivity contribution is 0.211. The van der Waals surface area contributed by atoms with Crippen molar-refractivity contribution in [2.75, 3.05) is 13.2 Å². The predicted molar refractivity (Wildman–Crippen MR) is 84.7 cm³/mol. The zero-order valence-electron chi connectivity index (χ0n) is 11.0. The molecule has 2 aromatic rings. The molecule has 2 rings (SSSR count). The van der Waals surface area contributed by atoms with E-state index in [1.807, 2.05) is 0 Å². The summed E-state index contributed by atoms with van der Waals surface area (Å²) in [4.78, 5) is 0.335. The zero-order chi connectivity index (χ0) is 15.2. The van der Waals surface area contributed by atoms with Crippen molar-refractivity contribution in [1.82, 2.24) is 0 Å². The van der Waals surface area contributed by atoms with Crippen LogP contribution >= 0.6 is 23.8 Å². The van der Waals surface area contributed by atoms with Crippen LogP contribution in [0.15, 0.2) is 42.5 Å². The molecule has 0 fully saturated rings. The van der Waals surface area contributed by atoms with Crippen LogP contribution in [-0.4, -0.2) is 18.2 Å². The Hall–Kier alpha value is -1.85. The largest absolute Gasteiger partial charge is 0.490 e. The maximum absolute atomic E-state index is 13.6. The molecule has 0 aliphatic rings. The van der Waals surface area contributed by atoms with Crippen molar-refractivity contribution in [2.24, 2.45) is 5.73 Å². The number of ether oxygens (including phenoxy) is 2. The number of nitrogens with two attached hydrogens (primary N) is 1. The second-order valence-electron chi connectivity index (χ2n) is 4.14. The van der Waals surface area contributed by atoms with E-state index in [4.69, 9.17) is 39.0 Å². The summed E-state index contributed by atoms with van der Waals surface area (Å²) in [5.74, 6) is 0.195. The van der Waals surface area contributed by atoms with Crippen LogP contribution in [-0.2, 0) is 0 Å². The number of benzene rings is 2. The third-order valence-electron chi connectivity index (χ3n) is 2.66. The molecule has 21 heavy (non-hydrogen) atoms. The number of rotatable bonds is 6. The molecule has 0 spiro atoms. The summed E-state index contributed by atoms with van der Waals surface area (Å²) >= 11 is 10.5. The predicted octanol–water partition coefficient (Wildman–Crippen LogP) is 3.57. The fourth-order valence-corrected chi connectivity index (χ4v) is 1.92. The molecule has 0 aliphatic heterocycles. The average molecular weight is 326 g/mol. The maximum atomic E-state index is 13.6. The quantitative estimate of drug-likeness (QED) is 0.651. The molecule has 0 atom stereocenters. The highest BCUT2D eigenvalue weighted by molar-refractivity contribution is 7.80. The third kappa shape index (κ3) is 4.31. The topological polar surface area (TPSA) is 44.5 Å². The second-order valence-corrected chi connectivity index (χ2v) is 4.98. The summed E-state index contributed by atoms with van der Waals surface area (Å²) in [5, 5.41) is 0.0294. The molecular formula is C15H13ClFNO2S. The third-order valence-corrected chi connectivity index (χ3v) is 3.19. The summed E-state index contributed by atoms with van der Waals surface area (Å²) in [6.45, 7) is 0.479. The average Bonchev–Trinajstić information content (AvgIpc) is 2.48. The molecule has 0 aliphatic carbocycles. The molecule has 3 nitrogen and oxygen atoms in total. The van der Waals surface area contributed by atoms with Crippen LogP contribution in [0.3, 0.4) is 0 Å². The van der Waals surface area contributed by atoms with E-state index < -0.39 is 5.82 Å². The smallest absolute Gasteiger partial charge is 0.183 e. The molecule has 0 radical (unpaired) electrons. The van der Waals surface area contributed by atoms with Gasteiger partial charge in [-0.15, -0.1) is 0 Å². The lowest BCUT2D eigenvalue weighted by Gasteiger charge is -2.09. The zero-order valence-corrected chi connectivity index (χ0v) is 12.6. The number of thiocarbonyl (C=S) groups is 1. The summed E-state index contributed by atoms with van der Waals surface area (Å²) in [5.41, 5.74) is 6.27. The normalized spacial score (nSPS) is 10.2. The van der Waals surface area contributed by atoms with Gasteiger partial charge in [0.25, 0.3) is 0 Å². The fourth-order valence-electron chi connectivity index (χ4n) is 1.62. The Morgan fingerprint density at radius 3 is 2.43 bits per heavy atom. The lowest BCUT2D eigenvalue weighted by atomic mass is 10.2. The molecule has 0 saturated heterocycles. The number of hydrogen-bond acceptors (Lipinski definition) is 3. The minimum absolute atomic E-state index is 0.0294. The van der Waals surface area contributed by atoms with Gasteiger partial charge < -0.3 is 15.2 Å². The van der Waals surface area contributed by atoms with Gasteiger partial charge in [0.15, 0.2) is 11.6 Å². The first-order valence-corrected chi connectivity index (χ1v) is 6.96. The minimum Gasteiger partial charge on any atom is -0.490 e. The van der Waals surface area contributed by atoms with E-state index >= 15 is 0 Å². The second kappa shape index (κ2) is 7.24. The highest BCUT2D eigenvalue weighted by Crippen LogP contribution is 2.23. The Balaban J connectivity index is 1.82. The molecule has 0 bridgehead atoms. The van der Waals surface area contributed by atoms with Gasteiger partial charge in [0.05, 0.1) is 5.02 Å². The Morgan fingerprint density at radius 1 is 1.10 bits per heavy atom. The van der Waals surface area contributed by atoms with Crippen LogP contribution in [0.5, 0.6) is 11.5 Å². The molecule has 6 heteroatoms. The van der Waals surface area contributed by atoms with Crippen molar-refractivity contribution in [3.63, 3.8) is 0 Å². The van der Waals surface area contributed by atoms with Gasteiger partial charge in [-0.25, -0.2) is 4.39 Å². The van der Waals surface area contributed by atoms with Gasteiger partial charge in [-0.3, -0.25) is 0 Å². The van der Waals surface area contributed by atoms with Crippen molar-refractivity contribution < 1.29 is 13.9 Å². The van der Waals surface area contributed by atoms with Gasteiger partial charge in [-0.1, -0.05) is 29.9 Å². The van der Waals surface area contributed by atoms with E-state index in [1.165, 1.54) is 12.1 Å². The summed E-state index contributed by atoms with van der Waals surface area (Å²) in [6.07, 6.45) is 0. The van der Waals surface area contributed by atoms with E-state index in [1.54, 1.807) is 30.3 Å². The molecule has 0 saturated carbocycles. The highest BCUT2D eigenvalue weighted by atomic mass is 35.5. The van der Waals surface area contributed by atoms with E-state index in [0.717, 1.165) is 5.56 Å². The molecule has 110 valence electrons. The van der Waals surface area contributed by atoms with Gasteiger partial charge >= 0.3 is 0 Å². The van der Waals surface area contributed by atoms with Crippen LogP contribution in [0.25, 0.3) is 0 Å². The first-order chi connectivity index (χ1) is 10.1. The van der Waals surface area contributed by atoms with Gasteiger partial charge in [-0.05, 0) is 36.4 Å². The van der Waals surface area contributed by atoms with E-state index in [2.05, 4.69) is 0 Å².